The van der Waals surface area contributed by atoms with Gasteiger partial charge in [-0.2, -0.15) is 4.31 Å². The number of hydrazine groups is 1. The summed E-state index contributed by atoms with van der Waals surface area (Å²) in [5.74, 6) is -0.576. The van der Waals surface area contributed by atoms with Gasteiger partial charge in [0, 0.05) is 19.3 Å². The third-order valence-corrected chi connectivity index (χ3v) is 6.99. The fraction of sp³-hybridized carbons (Fsp3) is 0.267. The van der Waals surface area contributed by atoms with Crippen LogP contribution < -0.4 is 10.3 Å². The van der Waals surface area contributed by atoms with Crippen molar-refractivity contribution in [3.63, 3.8) is 0 Å². The number of aromatic nitrogens is 1. The zero-order valence-corrected chi connectivity index (χ0v) is 15.2. The van der Waals surface area contributed by atoms with Gasteiger partial charge in [0.25, 0.3) is 10.0 Å². The Morgan fingerprint density at radius 3 is 2.35 bits per heavy atom. The summed E-state index contributed by atoms with van der Waals surface area (Å²) in [5.41, 5.74) is 2.37. The molecule has 1 fully saturated rings. The van der Waals surface area contributed by atoms with E-state index in [9.17, 15) is 21.2 Å². The predicted molar refractivity (Wildman–Crippen MR) is 92.6 cm³/mol. The fourth-order valence-corrected chi connectivity index (χ4v) is 4.84. The molecule has 8 nitrogen and oxygen atoms in total. The van der Waals surface area contributed by atoms with Crippen LogP contribution in [0.15, 0.2) is 52.4 Å². The Morgan fingerprint density at radius 2 is 1.73 bits per heavy atom. The molecule has 0 unspecified atom stereocenters. The van der Waals surface area contributed by atoms with Crippen molar-refractivity contribution in [2.45, 2.75) is 22.6 Å². The molecule has 0 aliphatic carbocycles. The quantitative estimate of drug-likeness (QED) is 0.708. The molecule has 2 aromatic rings. The number of hydrogen-bond donors (Lipinski definition) is 2. The van der Waals surface area contributed by atoms with Crippen LogP contribution >= 0.6 is 0 Å². The van der Waals surface area contributed by atoms with Gasteiger partial charge < -0.3 is 0 Å². The molecule has 0 atom stereocenters. The molecule has 2 N–H and O–H groups in total. The van der Waals surface area contributed by atoms with E-state index >= 15 is 0 Å². The molecule has 1 aliphatic rings. The first-order valence-electron chi connectivity index (χ1n) is 7.79. The van der Waals surface area contributed by atoms with Crippen molar-refractivity contribution < 1.29 is 21.2 Å². The van der Waals surface area contributed by atoms with Gasteiger partial charge in [0.05, 0.1) is 4.90 Å². The van der Waals surface area contributed by atoms with Crippen molar-refractivity contribution >= 4 is 25.9 Å². The number of nitrogens with zero attached hydrogens (tertiary/aromatic N) is 2. The topological polar surface area (TPSA) is 108 Å². The first-order chi connectivity index (χ1) is 12.3. The lowest BCUT2D eigenvalue weighted by Crippen LogP contribution is -2.30. The number of sulfonamides is 2. The van der Waals surface area contributed by atoms with E-state index in [0.29, 0.717) is 13.1 Å². The highest BCUT2D eigenvalue weighted by atomic mass is 32.2. The predicted octanol–water partition coefficient (Wildman–Crippen LogP) is 1.31. The van der Waals surface area contributed by atoms with Crippen molar-refractivity contribution in [2.24, 2.45) is 0 Å². The number of anilines is 1. The van der Waals surface area contributed by atoms with E-state index in [1.807, 2.05) is 0 Å². The molecule has 0 bridgehead atoms. The number of halogens is 1. The number of hydrogen-bond acceptors (Lipinski definition) is 6. The van der Waals surface area contributed by atoms with Crippen LogP contribution in [0, 0.1) is 5.82 Å². The highest BCUT2D eigenvalue weighted by Gasteiger charge is 2.27. The van der Waals surface area contributed by atoms with Crippen molar-refractivity contribution in [3.05, 3.63) is 48.4 Å². The second-order valence-corrected chi connectivity index (χ2v) is 9.30. The van der Waals surface area contributed by atoms with Gasteiger partial charge in [-0.05, 0) is 43.2 Å². The highest BCUT2D eigenvalue weighted by Crippen LogP contribution is 2.21. The zero-order valence-electron chi connectivity index (χ0n) is 13.6. The summed E-state index contributed by atoms with van der Waals surface area (Å²) < 4.78 is 63.5. The van der Waals surface area contributed by atoms with Gasteiger partial charge in [0.2, 0.25) is 10.0 Å². The van der Waals surface area contributed by atoms with Gasteiger partial charge >= 0.3 is 0 Å². The Labute approximate surface area is 151 Å². The second kappa shape index (κ2) is 7.27. The summed E-state index contributed by atoms with van der Waals surface area (Å²) in [5, 5.41) is 0. The standard InChI is InChI=1S/C15H17FN4O4S2/c16-12-4-3-5-13(10-12)25(21,22)19-18-15-7-6-14(11-17-15)26(23,24)20-8-1-2-9-20/h3-7,10-11,19H,1-2,8-9H2,(H,17,18). The van der Waals surface area contributed by atoms with Gasteiger partial charge in [0.1, 0.15) is 16.5 Å². The maximum absolute atomic E-state index is 13.2. The average molecular weight is 400 g/mol. The normalized spacial score (nSPS) is 15.9. The van der Waals surface area contributed by atoms with E-state index in [1.165, 1.54) is 28.6 Å². The number of rotatable bonds is 6. The minimum absolute atomic E-state index is 0.0398. The highest BCUT2D eigenvalue weighted by molar-refractivity contribution is 7.89. The third kappa shape index (κ3) is 4.01. The van der Waals surface area contributed by atoms with E-state index in [0.717, 1.165) is 31.2 Å². The largest absolute Gasteiger partial charge is 0.292 e. The van der Waals surface area contributed by atoms with Crippen molar-refractivity contribution in [2.75, 3.05) is 18.5 Å². The van der Waals surface area contributed by atoms with Gasteiger partial charge in [-0.1, -0.05) is 6.07 Å². The molecular formula is C15H17FN4O4S2. The molecule has 2 heterocycles. The zero-order chi connectivity index (χ0) is 18.8. The van der Waals surface area contributed by atoms with Crippen LogP contribution in [0.5, 0.6) is 0 Å². The smallest absolute Gasteiger partial charge is 0.257 e. The summed E-state index contributed by atoms with van der Waals surface area (Å²) >= 11 is 0. The van der Waals surface area contributed by atoms with Crippen LogP contribution in [-0.2, 0) is 20.0 Å². The summed E-state index contributed by atoms with van der Waals surface area (Å²) in [6.45, 7) is 0.964. The summed E-state index contributed by atoms with van der Waals surface area (Å²) in [6, 6.07) is 7.22. The lowest BCUT2D eigenvalue weighted by Gasteiger charge is -2.15. The molecule has 1 aromatic carbocycles. The Hall–Kier alpha value is -2.08. The molecule has 0 amide bonds. The van der Waals surface area contributed by atoms with E-state index in [1.54, 1.807) is 0 Å². The average Bonchev–Trinajstić information content (AvgIpc) is 3.16. The summed E-state index contributed by atoms with van der Waals surface area (Å²) in [6.07, 6.45) is 2.81. The Morgan fingerprint density at radius 1 is 1.00 bits per heavy atom. The molecule has 1 saturated heterocycles. The molecular weight excluding hydrogens is 383 g/mol. The second-order valence-electron chi connectivity index (χ2n) is 5.68. The first-order valence-corrected chi connectivity index (χ1v) is 10.7. The van der Waals surface area contributed by atoms with Crippen LogP contribution in [0.1, 0.15) is 12.8 Å². The van der Waals surface area contributed by atoms with Crippen LogP contribution in [-0.4, -0.2) is 39.2 Å². The molecule has 0 saturated carbocycles. The fourth-order valence-electron chi connectivity index (χ4n) is 2.50. The van der Waals surface area contributed by atoms with Gasteiger partial charge in [-0.3, -0.25) is 5.43 Å². The molecule has 26 heavy (non-hydrogen) atoms. The van der Waals surface area contributed by atoms with Crippen molar-refractivity contribution in [1.82, 2.24) is 14.1 Å². The number of pyridine rings is 1. The Bertz CT molecular complexity index is 989. The molecule has 1 aromatic heterocycles. The molecule has 3 rings (SSSR count). The Kier molecular flexibility index (Phi) is 5.23. The van der Waals surface area contributed by atoms with Crippen molar-refractivity contribution in [1.29, 1.82) is 0 Å². The lowest BCUT2D eigenvalue weighted by atomic mass is 10.4. The molecule has 11 heteroatoms. The van der Waals surface area contributed by atoms with E-state index in [2.05, 4.69) is 15.2 Å². The minimum Gasteiger partial charge on any atom is -0.292 e. The summed E-state index contributed by atoms with van der Waals surface area (Å²) in [7, 11) is -7.58. The summed E-state index contributed by atoms with van der Waals surface area (Å²) in [4.78, 5) is 5.77. The first kappa shape index (κ1) is 18.7. The van der Waals surface area contributed by atoms with Gasteiger partial charge in [-0.15, -0.1) is 4.83 Å². The number of benzene rings is 1. The lowest BCUT2D eigenvalue weighted by molar-refractivity contribution is 0.477. The minimum atomic E-state index is -4.00. The third-order valence-electron chi connectivity index (χ3n) is 3.86. The monoisotopic (exact) mass is 400 g/mol. The Balaban J connectivity index is 1.70. The molecule has 140 valence electrons. The van der Waals surface area contributed by atoms with Crippen LogP contribution in [0.4, 0.5) is 10.2 Å². The number of nitrogens with one attached hydrogen (secondary N) is 2. The molecule has 0 radical (unpaired) electrons. The van der Waals surface area contributed by atoms with E-state index < -0.39 is 25.9 Å². The molecule has 0 spiro atoms. The van der Waals surface area contributed by atoms with Crippen LogP contribution in [0.25, 0.3) is 0 Å². The van der Waals surface area contributed by atoms with E-state index in [4.69, 9.17) is 0 Å². The van der Waals surface area contributed by atoms with Crippen molar-refractivity contribution in [3.8, 4) is 0 Å². The maximum Gasteiger partial charge on any atom is 0.257 e. The van der Waals surface area contributed by atoms with E-state index in [-0.39, 0.29) is 15.6 Å². The SMILES string of the molecule is O=S(=O)(NNc1ccc(S(=O)(=O)N2CCCC2)cn1)c1cccc(F)c1. The van der Waals surface area contributed by atoms with Gasteiger partial charge in [0.15, 0.2) is 0 Å². The maximum atomic E-state index is 13.2. The molecule has 1 aliphatic heterocycles. The van der Waals surface area contributed by atoms with Gasteiger partial charge in [-0.25, -0.2) is 26.2 Å². The van der Waals surface area contributed by atoms with Crippen LogP contribution in [0.3, 0.4) is 0 Å². The van der Waals surface area contributed by atoms with Crippen LogP contribution in [0.2, 0.25) is 0 Å².